The summed E-state index contributed by atoms with van der Waals surface area (Å²) in [5.41, 5.74) is 3.33. The highest BCUT2D eigenvalue weighted by molar-refractivity contribution is 7.05. The van der Waals surface area contributed by atoms with Gasteiger partial charge in [0.05, 0.1) is 29.4 Å². The molecule has 1 aliphatic heterocycles. The van der Waals surface area contributed by atoms with Gasteiger partial charge in [0.25, 0.3) is 0 Å². The van der Waals surface area contributed by atoms with Crippen LogP contribution in [0.25, 0.3) is 0 Å². The van der Waals surface area contributed by atoms with Crippen molar-refractivity contribution in [3.63, 3.8) is 0 Å². The van der Waals surface area contributed by atoms with Crippen LogP contribution in [0.2, 0.25) is 0 Å². The molecule has 2 unspecified atom stereocenters. The molecule has 2 aromatic rings. The van der Waals surface area contributed by atoms with Crippen molar-refractivity contribution < 1.29 is 9.84 Å². The number of rotatable bonds is 3. The fraction of sp³-hybridized carbons (Fsp3) is 0.429. The number of hydrogen-bond donors (Lipinski definition) is 1. The number of benzene rings is 1. The zero-order chi connectivity index (χ0) is 13.2. The normalized spacial score (nSPS) is 20.0. The van der Waals surface area contributed by atoms with Gasteiger partial charge in [-0.1, -0.05) is 28.8 Å². The monoisotopic (exact) mass is 276 g/mol. The third-order valence-corrected chi connectivity index (χ3v) is 4.45. The molecule has 0 saturated carbocycles. The number of hydrogen-bond acceptors (Lipinski definition) is 5. The van der Waals surface area contributed by atoms with Crippen LogP contribution in [-0.4, -0.2) is 21.3 Å². The van der Waals surface area contributed by atoms with E-state index in [4.69, 9.17) is 4.74 Å². The van der Waals surface area contributed by atoms with E-state index >= 15 is 0 Å². The maximum atomic E-state index is 10.3. The smallest absolute Gasteiger partial charge is 0.0945 e. The van der Waals surface area contributed by atoms with Crippen LogP contribution in [-0.2, 0) is 11.2 Å². The van der Waals surface area contributed by atoms with Gasteiger partial charge in [0.1, 0.15) is 0 Å². The SMILES string of the molecule is Cc1nnsc1C(O)CC1OCCc2ccccc21. The minimum absolute atomic E-state index is 0.0403. The van der Waals surface area contributed by atoms with Crippen molar-refractivity contribution in [2.24, 2.45) is 0 Å². The van der Waals surface area contributed by atoms with Crippen molar-refractivity contribution in [3.8, 4) is 0 Å². The maximum absolute atomic E-state index is 10.3. The van der Waals surface area contributed by atoms with E-state index in [2.05, 4.69) is 27.8 Å². The van der Waals surface area contributed by atoms with Crippen molar-refractivity contribution in [2.45, 2.75) is 32.0 Å². The topological polar surface area (TPSA) is 55.2 Å². The number of aliphatic hydroxyl groups excluding tert-OH is 1. The Morgan fingerprint density at radius 3 is 3.11 bits per heavy atom. The summed E-state index contributed by atoms with van der Waals surface area (Å²) >= 11 is 1.26. The molecule has 1 aromatic heterocycles. The molecule has 1 aromatic carbocycles. The Bertz CT molecular complexity index is 570. The molecule has 100 valence electrons. The summed E-state index contributed by atoms with van der Waals surface area (Å²) in [4.78, 5) is 0.839. The molecule has 19 heavy (non-hydrogen) atoms. The molecular formula is C14H16N2O2S. The van der Waals surface area contributed by atoms with Gasteiger partial charge in [-0.2, -0.15) is 0 Å². The van der Waals surface area contributed by atoms with Crippen LogP contribution in [0.1, 0.15) is 40.3 Å². The molecule has 0 amide bonds. The summed E-state index contributed by atoms with van der Waals surface area (Å²) in [6.45, 7) is 2.59. The first kappa shape index (κ1) is 12.7. The maximum Gasteiger partial charge on any atom is 0.0945 e. The summed E-state index contributed by atoms with van der Waals surface area (Å²) in [5.74, 6) is 0. The quantitative estimate of drug-likeness (QED) is 0.936. The first-order chi connectivity index (χ1) is 9.25. The molecule has 1 aliphatic rings. The van der Waals surface area contributed by atoms with Gasteiger partial charge >= 0.3 is 0 Å². The molecular weight excluding hydrogens is 260 g/mol. The van der Waals surface area contributed by atoms with Crippen LogP contribution in [0, 0.1) is 6.92 Å². The van der Waals surface area contributed by atoms with E-state index in [0.29, 0.717) is 13.0 Å². The highest BCUT2D eigenvalue weighted by Crippen LogP contribution is 2.35. The molecule has 2 heterocycles. The highest BCUT2D eigenvalue weighted by atomic mass is 32.1. The summed E-state index contributed by atoms with van der Waals surface area (Å²) < 4.78 is 9.69. The average molecular weight is 276 g/mol. The molecule has 0 bridgehead atoms. The Hall–Kier alpha value is -1.30. The summed E-state index contributed by atoms with van der Waals surface area (Å²) in [5, 5.41) is 14.3. The molecule has 4 nitrogen and oxygen atoms in total. The van der Waals surface area contributed by atoms with Gasteiger partial charge in [-0.15, -0.1) is 5.10 Å². The predicted octanol–water partition coefficient (Wildman–Crippen LogP) is 2.58. The zero-order valence-electron chi connectivity index (χ0n) is 10.7. The van der Waals surface area contributed by atoms with Crippen LogP contribution in [0.4, 0.5) is 0 Å². The molecule has 1 N–H and O–H groups in total. The standard InChI is InChI=1S/C14H16N2O2S/c1-9-14(19-16-15-9)12(17)8-13-11-5-3-2-4-10(11)6-7-18-13/h2-5,12-13,17H,6-8H2,1H3. The van der Waals surface area contributed by atoms with Gasteiger partial charge in [-0.25, -0.2) is 0 Å². The van der Waals surface area contributed by atoms with Crippen LogP contribution in [0.15, 0.2) is 24.3 Å². The fourth-order valence-electron chi connectivity index (χ4n) is 2.52. The lowest BCUT2D eigenvalue weighted by molar-refractivity contribution is 0.00441. The van der Waals surface area contributed by atoms with Crippen LogP contribution >= 0.6 is 11.5 Å². The van der Waals surface area contributed by atoms with Crippen molar-refractivity contribution in [3.05, 3.63) is 46.0 Å². The van der Waals surface area contributed by atoms with Crippen molar-refractivity contribution >= 4 is 11.5 Å². The van der Waals surface area contributed by atoms with Crippen molar-refractivity contribution in [1.29, 1.82) is 0 Å². The van der Waals surface area contributed by atoms with Gasteiger partial charge in [0, 0.05) is 6.42 Å². The molecule has 0 fully saturated rings. The van der Waals surface area contributed by atoms with E-state index in [-0.39, 0.29) is 6.10 Å². The van der Waals surface area contributed by atoms with Crippen molar-refractivity contribution in [2.75, 3.05) is 6.61 Å². The second-order valence-electron chi connectivity index (χ2n) is 4.78. The largest absolute Gasteiger partial charge is 0.387 e. The number of aliphatic hydroxyl groups is 1. The number of aromatic nitrogens is 2. The highest BCUT2D eigenvalue weighted by Gasteiger charge is 2.25. The lowest BCUT2D eigenvalue weighted by atomic mass is 9.94. The molecule has 0 radical (unpaired) electrons. The number of nitrogens with zero attached hydrogens (tertiary/aromatic N) is 2. The molecule has 3 rings (SSSR count). The number of ether oxygens (including phenoxy) is 1. The minimum atomic E-state index is -0.559. The number of fused-ring (bicyclic) bond motifs is 1. The Balaban J connectivity index is 1.80. The van der Waals surface area contributed by atoms with Gasteiger partial charge < -0.3 is 9.84 Å². The zero-order valence-corrected chi connectivity index (χ0v) is 11.6. The van der Waals surface area contributed by atoms with Gasteiger partial charge in [0.15, 0.2) is 0 Å². The Labute approximate surface area is 116 Å². The van der Waals surface area contributed by atoms with E-state index in [9.17, 15) is 5.11 Å². The van der Waals surface area contributed by atoms with Crippen LogP contribution in [0.5, 0.6) is 0 Å². The molecule has 0 saturated heterocycles. The third kappa shape index (κ3) is 2.54. The second kappa shape index (κ2) is 5.36. The lowest BCUT2D eigenvalue weighted by Crippen LogP contribution is -2.18. The minimum Gasteiger partial charge on any atom is -0.387 e. The lowest BCUT2D eigenvalue weighted by Gasteiger charge is -2.27. The molecule has 2 atom stereocenters. The summed E-state index contributed by atoms with van der Waals surface area (Å²) in [6, 6.07) is 8.29. The molecule has 5 heteroatoms. The summed E-state index contributed by atoms with van der Waals surface area (Å²) in [6.07, 6.45) is 0.906. The van der Waals surface area contributed by atoms with E-state index in [1.807, 2.05) is 13.0 Å². The third-order valence-electron chi connectivity index (χ3n) is 3.52. The average Bonchev–Trinajstić information content (AvgIpc) is 2.85. The van der Waals surface area contributed by atoms with Crippen LogP contribution in [0.3, 0.4) is 0 Å². The van der Waals surface area contributed by atoms with Crippen LogP contribution < -0.4 is 0 Å². The fourth-order valence-corrected chi connectivity index (χ4v) is 3.17. The molecule has 0 spiro atoms. The van der Waals surface area contributed by atoms with E-state index < -0.39 is 6.10 Å². The van der Waals surface area contributed by atoms with Gasteiger partial charge in [-0.05, 0) is 36.0 Å². The Morgan fingerprint density at radius 1 is 1.47 bits per heavy atom. The molecule has 0 aliphatic carbocycles. The van der Waals surface area contributed by atoms with E-state index in [1.165, 1.54) is 22.7 Å². The van der Waals surface area contributed by atoms with Gasteiger partial charge in [-0.3, -0.25) is 0 Å². The number of aryl methyl sites for hydroxylation is 1. The van der Waals surface area contributed by atoms with Crippen molar-refractivity contribution in [1.82, 2.24) is 9.59 Å². The second-order valence-corrected chi connectivity index (χ2v) is 5.57. The van der Waals surface area contributed by atoms with Gasteiger partial charge in [0.2, 0.25) is 0 Å². The Kier molecular flexibility index (Phi) is 3.59. The predicted molar refractivity (Wildman–Crippen MR) is 73.1 cm³/mol. The van der Waals surface area contributed by atoms with E-state index in [0.717, 1.165) is 17.0 Å². The summed E-state index contributed by atoms with van der Waals surface area (Å²) in [7, 11) is 0. The Morgan fingerprint density at radius 2 is 2.32 bits per heavy atom. The first-order valence-electron chi connectivity index (χ1n) is 6.42. The first-order valence-corrected chi connectivity index (χ1v) is 7.19. The van der Waals surface area contributed by atoms with E-state index in [1.54, 1.807) is 0 Å².